The monoisotopic (exact) mass is 449 g/mol. The first-order valence-corrected chi connectivity index (χ1v) is 10.3. The lowest BCUT2D eigenvalue weighted by Crippen LogP contribution is -2.56. The van der Waals surface area contributed by atoms with Crippen LogP contribution >= 0.6 is 11.6 Å². The van der Waals surface area contributed by atoms with Crippen LogP contribution in [0.15, 0.2) is 36.7 Å². The van der Waals surface area contributed by atoms with Crippen molar-refractivity contribution in [1.82, 2.24) is 19.5 Å². The predicted octanol–water partition coefficient (Wildman–Crippen LogP) is 3.14. The first-order valence-electron chi connectivity index (χ1n) is 9.89. The quantitative estimate of drug-likeness (QED) is 0.573. The number of hydrogen-bond donors (Lipinski definition) is 2. The number of aromatic nitrogens is 4. The van der Waals surface area contributed by atoms with E-state index in [4.69, 9.17) is 31.5 Å². The molecule has 9 nitrogen and oxygen atoms in total. The molecule has 2 aliphatic heterocycles. The van der Waals surface area contributed by atoms with E-state index in [2.05, 4.69) is 15.0 Å². The number of aliphatic hydroxyl groups excluding tert-OH is 1. The Morgan fingerprint density at radius 3 is 2.61 bits per heavy atom. The van der Waals surface area contributed by atoms with E-state index in [1.165, 1.54) is 0 Å². The molecule has 4 heterocycles. The molecule has 3 N–H and O–H groups in total. The Bertz CT molecular complexity index is 1000. The number of aliphatic hydroxyl groups is 1. The summed E-state index contributed by atoms with van der Waals surface area (Å²) in [4.78, 5) is 12.4. The van der Waals surface area contributed by atoms with Gasteiger partial charge in [0.15, 0.2) is 17.1 Å². The van der Waals surface area contributed by atoms with Crippen molar-refractivity contribution in [3.63, 3.8) is 0 Å². The van der Waals surface area contributed by atoms with Gasteiger partial charge in [-0.05, 0) is 0 Å². The van der Waals surface area contributed by atoms with Gasteiger partial charge in [0.2, 0.25) is 5.95 Å². The average molecular weight is 450 g/mol. The molecule has 5 atom stereocenters. The first kappa shape index (κ1) is 23.4. The van der Waals surface area contributed by atoms with Crippen LogP contribution in [0.2, 0.25) is 5.15 Å². The van der Waals surface area contributed by atoms with Crippen LogP contribution in [0.4, 0.5) is 5.95 Å². The van der Waals surface area contributed by atoms with E-state index >= 15 is 0 Å². The van der Waals surface area contributed by atoms with Crippen LogP contribution in [0.5, 0.6) is 0 Å². The summed E-state index contributed by atoms with van der Waals surface area (Å²) in [5.74, 6) is 0.0369. The molecule has 3 aromatic rings. The van der Waals surface area contributed by atoms with Crippen molar-refractivity contribution in [2.24, 2.45) is 0 Å². The van der Waals surface area contributed by atoms with Crippen LogP contribution in [-0.2, 0) is 14.2 Å². The Hall–Kier alpha value is -2.30. The minimum atomic E-state index is -0.860. The molecule has 2 aromatic heterocycles. The van der Waals surface area contributed by atoms with Gasteiger partial charge < -0.3 is 29.6 Å². The Balaban J connectivity index is 0.000000883. The van der Waals surface area contributed by atoms with Crippen molar-refractivity contribution < 1.29 is 19.3 Å². The van der Waals surface area contributed by atoms with Crippen molar-refractivity contribution in [3.05, 3.63) is 47.4 Å². The summed E-state index contributed by atoms with van der Waals surface area (Å²) in [5.41, 5.74) is 7.46. The van der Waals surface area contributed by atoms with Crippen molar-refractivity contribution in [3.8, 4) is 0 Å². The highest BCUT2D eigenvalue weighted by molar-refractivity contribution is 6.33. The van der Waals surface area contributed by atoms with Crippen molar-refractivity contribution >= 4 is 28.7 Å². The molecule has 0 saturated carbocycles. The van der Waals surface area contributed by atoms with Gasteiger partial charge in [-0.2, -0.15) is 9.97 Å². The number of nitrogen functional groups attached to an aromatic ring is 1. The molecule has 2 aliphatic rings. The Morgan fingerprint density at radius 1 is 1.13 bits per heavy atom. The highest BCUT2D eigenvalue weighted by atomic mass is 35.5. The Kier molecular flexibility index (Phi) is 7.45. The van der Waals surface area contributed by atoms with E-state index in [9.17, 15) is 5.11 Å². The number of fused-ring (bicyclic) bond motifs is 2. The van der Waals surface area contributed by atoms with E-state index in [0.717, 1.165) is 5.56 Å². The molecule has 1 aromatic carbocycles. The van der Waals surface area contributed by atoms with Crippen LogP contribution in [-0.4, -0.2) is 56.2 Å². The first-order chi connectivity index (χ1) is 14.6. The average Bonchev–Trinajstić information content (AvgIpc) is 3.20. The molecule has 31 heavy (non-hydrogen) atoms. The van der Waals surface area contributed by atoms with Gasteiger partial charge in [0.05, 0.1) is 25.6 Å². The summed E-state index contributed by atoms with van der Waals surface area (Å²) < 4.78 is 19.5. The number of imidazole rings is 1. The van der Waals surface area contributed by atoms with Crippen molar-refractivity contribution in [1.29, 1.82) is 0 Å². The van der Waals surface area contributed by atoms with E-state index < -0.39 is 24.5 Å². The zero-order valence-electron chi connectivity index (χ0n) is 16.7. The molecule has 0 bridgehead atoms. The third-order valence-corrected chi connectivity index (χ3v) is 5.36. The lowest BCUT2D eigenvalue weighted by molar-refractivity contribution is -0.306. The highest BCUT2D eigenvalue weighted by Gasteiger charge is 2.46. The zero-order chi connectivity index (χ0) is 21.3. The summed E-state index contributed by atoms with van der Waals surface area (Å²) in [6.45, 7) is 4.58. The maximum Gasteiger partial charge on any atom is 0.223 e. The standard InChI is InChI=1S/C18H18ClN5O4.C2H6.CH4/c19-15-12-16(23-18(20)22-15)24(8-21-12)10-6-26-11-7-27-17(28-14(11)13(10)25)9-4-2-1-3-5-9;1-2;/h1-5,8,10-11,13-14,17,25H,6-7H2,(H2,20,22,23);1-2H3;1H4/t10?,11?,13?,14?,17-;;/m1../s1. The second-order valence-electron chi connectivity index (χ2n) is 6.80. The fourth-order valence-corrected chi connectivity index (χ4v) is 3.92. The minimum absolute atomic E-state index is 0. The maximum atomic E-state index is 11.1. The summed E-state index contributed by atoms with van der Waals surface area (Å²) in [6, 6.07) is 9.12. The molecule has 0 radical (unpaired) electrons. The molecule has 168 valence electrons. The number of rotatable bonds is 2. The van der Waals surface area contributed by atoms with E-state index in [1.807, 2.05) is 44.2 Å². The third-order valence-electron chi connectivity index (χ3n) is 5.10. The van der Waals surface area contributed by atoms with Gasteiger partial charge in [0, 0.05) is 5.56 Å². The van der Waals surface area contributed by atoms with Gasteiger partial charge in [0.25, 0.3) is 0 Å². The number of anilines is 1. The summed E-state index contributed by atoms with van der Waals surface area (Å²) >= 11 is 6.11. The largest absolute Gasteiger partial charge is 0.388 e. The number of benzene rings is 1. The second kappa shape index (κ2) is 9.88. The number of hydrogen-bond acceptors (Lipinski definition) is 8. The molecule has 2 fully saturated rings. The molecule has 2 saturated heterocycles. The molecule has 0 aliphatic carbocycles. The van der Waals surface area contributed by atoms with Gasteiger partial charge in [-0.3, -0.25) is 0 Å². The molecule has 0 spiro atoms. The number of nitrogens with two attached hydrogens (primary N) is 1. The van der Waals surface area contributed by atoms with Gasteiger partial charge in [0.1, 0.15) is 23.8 Å². The molecule has 5 rings (SSSR count). The lowest BCUT2D eigenvalue weighted by atomic mass is 9.97. The van der Waals surface area contributed by atoms with Crippen LogP contribution in [0, 0.1) is 0 Å². The molecular formula is C21H28ClN5O4. The Labute approximate surface area is 186 Å². The van der Waals surface area contributed by atoms with Crippen LogP contribution < -0.4 is 5.73 Å². The number of halogens is 1. The van der Waals surface area contributed by atoms with Gasteiger partial charge in [-0.15, -0.1) is 0 Å². The maximum absolute atomic E-state index is 11.1. The molecule has 4 unspecified atom stereocenters. The summed E-state index contributed by atoms with van der Waals surface area (Å²) in [6.07, 6.45) is -0.794. The van der Waals surface area contributed by atoms with Crippen LogP contribution in [0.25, 0.3) is 11.2 Å². The smallest absolute Gasteiger partial charge is 0.223 e. The predicted molar refractivity (Wildman–Crippen MR) is 118 cm³/mol. The Morgan fingerprint density at radius 2 is 1.87 bits per heavy atom. The minimum Gasteiger partial charge on any atom is -0.388 e. The lowest BCUT2D eigenvalue weighted by Gasteiger charge is -2.45. The van der Waals surface area contributed by atoms with E-state index in [-0.39, 0.29) is 31.2 Å². The molecule has 10 heteroatoms. The van der Waals surface area contributed by atoms with E-state index in [0.29, 0.717) is 17.8 Å². The fourth-order valence-electron chi connectivity index (χ4n) is 3.70. The zero-order valence-corrected chi connectivity index (χ0v) is 17.4. The van der Waals surface area contributed by atoms with Gasteiger partial charge in [-0.25, -0.2) is 4.98 Å². The van der Waals surface area contributed by atoms with Crippen molar-refractivity contribution in [2.45, 2.75) is 51.9 Å². The van der Waals surface area contributed by atoms with Gasteiger partial charge in [-0.1, -0.05) is 63.2 Å². The molecular weight excluding hydrogens is 422 g/mol. The SMILES string of the molecule is C.CC.Nc1nc(Cl)c2ncn(C3COC4CO[C@@H](c5ccccc5)OC4C3O)c2n1. The van der Waals surface area contributed by atoms with Gasteiger partial charge >= 0.3 is 0 Å². The summed E-state index contributed by atoms with van der Waals surface area (Å²) in [5, 5.41) is 11.2. The molecule has 0 amide bonds. The number of nitrogens with zero attached hydrogens (tertiary/aromatic N) is 4. The summed E-state index contributed by atoms with van der Waals surface area (Å²) in [7, 11) is 0. The van der Waals surface area contributed by atoms with Crippen LogP contribution in [0.1, 0.15) is 39.2 Å². The van der Waals surface area contributed by atoms with Crippen LogP contribution in [0.3, 0.4) is 0 Å². The fraction of sp³-hybridized carbons (Fsp3) is 0.476. The van der Waals surface area contributed by atoms with E-state index in [1.54, 1.807) is 10.9 Å². The number of ether oxygens (including phenoxy) is 3. The third kappa shape index (κ3) is 4.37. The topological polar surface area (TPSA) is 118 Å². The van der Waals surface area contributed by atoms with Crippen molar-refractivity contribution in [2.75, 3.05) is 18.9 Å². The second-order valence-corrected chi connectivity index (χ2v) is 7.16. The highest BCUT2D eigenvalue weighted by Crippen LogP contribution is 2.36. The normalized spacial score (nSPS) is 27.5.